The van der Waals surface area contributed by atoms with Crippen molar-refractivity contribution in [2.45, 2.75) is 39.2 Å². The van der Waals surface area contributed by atoms with Crippen LogP contribution in [-0.2, 0) is 9.53 Å². The van der Waals surface area contributed by atoms with Crippen molar-refractivity contribution in [1.82, 2.24) is 0 Å². The first-order valence-corrected chi connectivity index (χ1v) is 6.63. The molecule has 1 aromatic carbocycles. The standard InChI is InChI=1S/C15H19NO4/c1-9-7-10(2)12(11(8-9)13(17)18)16-14(19)15(3)5-4-6-20-15/h7-8H,4-6H2,1-3H3,(H,16,19)(H,17,18). The smallest absolute Gasteiger partial charge is 0.337 e. The fraction of sp³-hybridized carbons (Fsp3) is 0.467. The molecule has 5 heteroatoms. The van der Waals surface area contributed by atoms with Crippen molar-refractivity contribution in [2.75, 3.05) is 11.9 Å². The van der Waals surface area contributed by atoms with E-state index in [1.54, 1.807) is 19.9 Å². The lowest BCUT2D eigenvalue weighted by Gasteiger charge is -2.23. The zero-order chi connectivity index (χ0) is 14.9. The molecule has 20 heavy (non-hydrogen) atoms. The highest BCUT2D eigenvalue weighted by Gasteiger charge is 2.38. The van der Waals surface area contributed by atoms with Gasteiger partial charge in [-0.05, 0) is 50.8 Å². The summed E-state index contributed by atoms with van der Waals surface area (Å²) >= 11 is 0. The molecule has 1 fully saturated rings. The number of amides is 1. The van der Waals surface area contributed by atoms with Gasteiger partial charge in [-0.1, -0.05) is 6.07 Å². The van der Waals surface area contributed by atoms with Gasteiger partial charge in [0.05, 0.1) is 11.3 Å². The molecule has 5 nitrogen and oxygen atoms in total. The Morgan fingerprint density at radius 2 is 2.05 bits per heavy atom. The van der Waals surface area contributed by atoms with Crippen LogP contribution in [0.1, 0.15) is 41.3 Å². The topological polar surface area (TPSA) is 75.6 Å². The predicted octanol–water partition coefficient (Wildman–Crippen LogP) is 2.51. The summed E-state index contributed by atoms with van der Waals surface area (Å²) < 4.78 is 5.48. The molecule has 0 spiro atoms. The van der Waals surface area contributed by atoms with Crippen molar-refractivity contribution in [3.8, 4) is 0 Å². The molecule has 1 atom stereocenters. The van der Waals surface area contributed by atoms with Gasteiger partial charge in [-0.25, -0.2) is 4.79 Å². The maximum atomic E-state index is 12.3. The zero-order valence-electron chi connectivity index (χ0n) is 11.9. The molecule has 1 amide bonds. The van der Waals surface area contributed by atoms with Crippen molar-refractivity contribution in [3.05, 3.63) is 28.8 Å². The zero-order valence-corrected chi connectivity index (χ0v) is 11.9. The summed E-state index contributed by atoms with van der Waals surface area (Å²) in [5.74, 6) is -1.34. The van der Waals surface area contributed by atoms with Gasteiger partial charge in [-0.3, -0.25) is 4.79 Å². The summed E-state index contributed by atoms with van der Waals surface area (Å²) in [7, 11) is 0. The van der Waals surface area contributed by atoms with Gasteiger partial charge in [0.1, 0.15) is 5.60 Å². The molecule has 1 aliphatic rings. The molecule has 0 radical (unpaired) electrons. The first-order chi connectivity index (χ1) is 9.33. The van der Waals surface area contributed by atoms with Crippen molar-refractivity contribution >= 4 is 17.6 Å². The Balaban J connectivity index is 2.33. The minimum atomic E-state index is -1.05. The number of carboxylic acid groups (broad SMARTS) is 1. The van der Waals surface area contributed by atoms with E-state index in [0.29, 0.717) is 18.7 Å². The number of aryl methyl sites for hydroxylation is 2. The third-order valence-corrected chi connectivity index (χ3v) is 3.65. The molecule has 2 rings (SSSR count). The number of aromatic carboxylic acids is 1. The molecule has 0 aromatic heterocycles. The van der Waals surface area contributed by atoms with Crippen LogP contribution in [0, 0.1) is 13.8 Å². The second-order valence-corrected chi connectivity index (χ2v) is 5.45. The van der Waals surface area contributed by atoms with Gasteiger partial charge in [-0.15, -0.1) is 0 Å². The molecule has 1 unspecified atom stereocenters. The summed E-state index contributed by atoms with van der Waals surface area (Å²) in [4.78, 5) is 23.6. The first kappa shape index (κ1) is 14.5. The Morgan fingerprint density at radius 3 is 2.60 bits per heavy atom. The van der Waals surface area contributed by atoms with E-state index in [0.717, 1.165) is 17.5 Å². The van der Waals surface area contributed by atoms with Gasteiger partial charge in [0, 0.05) is 6.61 Å². The predicted molar refractivity (Wildman–Crippen MR) is 75.1 cm³/mol. The third-order valence-electron chi connectivity index (χ3n) is 3.65. The van der Waals surface area contributed by atoms with E-state index in [4.69, 9.17) is 4.74 Å². The Labute approximate surface area is 117 Å². The highest BCUT2D eigenvalue weighted by atomic mass is 16.5. The number of hydrogen-bond acceptors (Lipinski definition) is 3. The summed E-state index contributed by atoms with van der Waals surface area (Å²) in [5, 5.41) is 12.0. The molecule has 108 valence electrons. The second kappa shape index (κ2) is 5.25. The summed E-state index contributed by atoms with van der Waals surface area (Å²) in [6.07, 6.45) is 1.48. The van der Waals surface area contributed by atoms with Crippen molar-refractivity contribution in [2.24, 2.45) is 0 Å². The molecule has 1 saturated heterocycles. The van der Waals surface area contributed by atoms with E-state index in [1.165, 1.54) is 0 Å². The van der Waals surface area contributed by atoms with Crippen LogP contribution in [0.15, 0.2) is 12.1 Å². The minimum absolute atomic E-state index is 0.109. The number of ether oxygens (including phenoxy) is 1. The summed E-state index contributed by atoms with van der Waals surface area (Å²) in [6, 6.07) is 3.41. The van der Waals surface area contributed by atoms with E-state index < -0.39 is 11.6 Å². The normalized spacial score (nSPS) is 21.8. The SMILES string of the molecule is Cc1cc(C)c(NC(=O)C2(C)CCCO2)c(C(=O)O)c1. The highest BCUT2D eigenvalue weighted by Crippen LogP contribution is 2.29. The largest absolute Gasteiger partial charge is 0.478 e. The highest BCUT2D eigenvalue weighted by molar-refractivity contribution is 6.04. The van der Waals surface area contributed by atoms with Gasteiger partial charge < -0.3 is 15.2 Å². The molecule has 0 bridgehead atoms. The van der Waals surface area contributed by atoms with E-state index in [9.17, 15) is 14.7 Å². The van der Waals surface area contributed by atoms with Crippen molar-refractivity contribution < 1.29 is 19.4 Å². The fourth-order valence-corrected chi connectivity index (χ4v) is 2.51. The number of carboxylic acids is 1. The molecular weight excluding hydrogens is 258 g/mol. The number of carbonyl (C=O) groups is 2. The third kappa shape index (κ3) is 2.67. The number of hydrogen-bond donors (Lipinski definition) is 2. The Kier molecular flexibility index (Phi) is 3.81. The van der Waals surface area contributed by atoms with Gasteiger partial charge in [0.25, 0.3) is 5.91 Å². The molecule has 1 heterocycles. The van der Waals surface area contributed by atoms with Crippen LogP contribution in [0.3, 0.4) is 0 Å². The molecule has 0 aliphatic carbocycles. The number of benzene rings is 1. The molecular formula is C15H19NO4. The van der Waals surface area contributed by atoms with Crippen LogP contribution in [0.5, 0.6) is 0 Å². The van der Waals surface area contributed by atoms with Crippen molar-refractivity contribution in [1.29, 1.82) is 0 Å². The maximum Gasteiger partial charge on any atom is 0.337 e. The first-order valence-electron chi connectivity index (χ1n) is 6.63. The van der Waals surface area contributed by atoms with Crippen LogP contribution in [0.2, 0.25) is 0 Å². The van der Waals surface area contributed by atoms with Crippen LogP contribution in [0.4, 0.5) is 5.69 Å². The lowest BCUT2D eigenvalue weighted by molar-refractivity contribution is -0.133. The average Bonchev–Trinajstić information content (AvgIpc) is 2.80. The lowest BCUT2D eigenvalue weighted by Crippen LogP contribution is -2.39. The number of carbonyl (C=O) groups excluding carboxylic acids is 1. The lowest BCUT2D eigenvalue weighted by atomic mass is 9.99. The Bertz CT molecular complexity index is 559. The van der Waals surface area contributed by atoms with E-state index in [2.05, 4.69) is 5.32 Å². The fourth-order valence-electron chi connectivity index (χ4n) is 2.51. The van der Waals surface area contributed by atoms with E-state index in [-0.39, 0.29) is 11.5 Å². The Morgan fingerprint density at radius 1 is 1.35 bits per heavy atom. The number of nitrogens with one attached hydrogen (secondary N) is 1. The van der Waals surface area contributed by atoms with Gasteiger partial charge >= 0.3 is 5.97 Å². The summed E-state index contributed by atoms with van der Waals surface area (Å²) in [6.45, 7) is 5.90. The van der Waals surface area contributed by atoms with Gasteiger partial charge in [-0.2, -0.15) is 0 Å². The monoisotopic (exact) mass is 277 g/mol. The molecule has 0 saturated carbocycles. The van der Waals surface area contributed by atoms with Crippen LogP contribution >= 0.6 is 0 Å². The quantitative estimate of drug-likeness (QED) is 0.890. The second-order valence-electron chi connectivity index (χ2n) is 5.45. The number of rotatable bonds is 3. The molecule has 1 aromatic rings. The molecule has 2 N–H and O–H groups in total. The van der Waals surface area contributed by atoms with E-state index in [1.807, 2.05) is 13.0 Å². The number of anilines is 1. The minimum Gasteiger partial charge on any atom is -0.478 e. The van der Waals surface area contributed by atoms with Gasteiger partial charge in [0.2, 0.25) is 0 Å². The summed E-state index contributed by atoms with van der Waals surface area (Å²) in [5.41, 5.74) is 1.17. The maximum absolute atomic E-state index is 12.3. The van der Waals surface area contributed by atoms with Crippen LogP contribution in [0.25, 0.3) is 0 Å². The average molecular weight is 277 g/mol. The van der Waals surface area contributed by atoms with Crippen LogP contribution in [-0.4, -0.2) is 29.2 Å². The van der Waals surface area contributed by atoms with E-state index >= 15 is 0 Å². The Hall–Kier alpha value is -1.88. The van der Waals surface area contributed by atoms with Gasteiger partial charge in [0.15, 0.2) is 0 Å². The van der Waals surface area contributed by atoms with Crippen molar-refractivity contribution in [3.63, 3.8) is 0 Å². The molecule has 1 aliphatic heterocycles. The van der Waals surface area contributed by atoms with Crippen LogP contribution < -0.4 is 5.32 Å².